The van der Waals surface area contributed by atoms with Gasteiger partial charge in [0.1, 0.15) is 5.69 Å². The molecule has 2 aromatic rings. The van der Waals surface area contributed by atoms with Gasteiger partial charge in [-0.2, -0.15) is 0 Å². The second-order valence-electron chi connectivity index (χ2n) is 4.22. The molecule has 0 radical (unpaired) electrons. The lowest BCUT2D eigenvalue weighted by Crippen LogP contribution is -2.72. The molecule has 1 aliphatic rings. The van der Waals surface area contributed by atoms with E-state index >= 15 is 0 Å². The molecular weight excluding hydrogens is 262 g/mol. The number of amides is 1. The van der Waals surface area contributed by atoms with Crippen molar-refractivity contribution in [3.63, 3.8) is 0 Å². The fraction of sp³-hybridized carbons (Fsp3) is 0.0833. The van der Waals surface area contributed by atoms with Gasteiger partial charge >= 0.3 is 5.96 Å². The van der Waals surface area contributed by atoms with E-state index in [1.165, 1.54) is 11.3 Å². The van der Waals surface area contributed by atoms with E-state index in [0.717, 1.165) is 22.5 Å². The lowest BCUT2D eigenvalue weighted by atomic mass is 10.1. The third kappa shape index (κ3) is 2.27. The van der Waals surface area contributed by atoms with Crippen molar-refractivity contribution < 1.29 is 9.79 Å². The molecule has 1 aromatic heterocycles. The first-order valence-corrected chi connectivity index (χ1v) is 6.53. The highest BCUT2D eigenvalue weighted by Gasteiger charge is 2.18. The summed E-state index contributed by atoms with van der Waals surface area (Å²) in [7, 11) is 0. The molecule has 0 atom stereocenters. The van der Waals surface area contributed by atoms with Gasteiger partial charge in [-0.1, -0.05) is 11.3 Å². The van der Waals surface area contributed by atoms with Gasteiger partial charge in [-0.3, -0.25) is 4.79 Å². The van der Waals surface area contributed by atoms with Crippen molar-refractivity contribution in [2.45, 2.75) is 6.42 Å². The molecule has 0 saturated carbocycles. The zero-order valence-corrected chi connectivity index (χ0v) is 10.8. The molecule has 0 bridgehead atoms. The Hall–Kier alpha value is -2.41. The van der Waals surface area contributed by atoms with E-state index in [1.807, 2.05) is 23.6 Å². The lowest BCUT2D eigenvalue weighted by molar-refractivity contribution is -0.355. The molecule has 2 heterocycles. The number of rotatable bonds is 2. The SMILES string of the molecule is NC(N)=[NH+]c1nc(-c2ccc3c(c2)CC(=O)N3)cs1. The fourth-order valence-electron chi connectivity index (χ4n) is 1.98. The van der Waals surface area contributed by atoms with Crippen LogP contribution in [0.25, 0.3) is 11.3 Å². The number of guanidine groups is 1. The van der Waals surface area contributed by atoms with Crippen molar-refractivity contribution >= 4 is 34.0 Å². The minimum atomic E-state index is 0.0262. The van der Waals surface area contributed by atoms with Crippen molar-refractivity contribution in [2.24, 2.45) is 11.5 Å². The quantitative estimate of drug-likeness (QED) is 0.428. The summed E-state index contributed by atoms with van der Waals surface area (Å²) in [6, 6.07) is 5.80. The van der Waals surface area contributed by atoms with Crippen molar-refractivity contribution in [3.05, 3.63) is 29.1 Å². The number of thiazole rings is 1. The average Bonchev–Trinajstić information content (AvgIpc) is 2.92. The Morgan fingerprint density at radius 3 is 3.05 bits per heavy atom. The highest BCUT2D eigenvalue weighted by atomic mass is 32.1. The van der Waals surface area contributed by atoms with Crippen LogP contribution in [-0.2, 0) is 11.2 Å². The summed E-state index contributed by atoms with van der Waals surface area (Å²) in [5, 5.41) is 5.36. The van der Waals surface area contributed by atoms with Gasteiger partial charge in [-0.05, 0) is 23.8 Å². The van der Waals surface area contributed by atoms with E-state index in [4.69, 9.17) is 11.5 Å². The topological polar surface area (TPSA) is 108 Å². The zero-order valence-electron chi connectivity index (χ0n) is 9.93. The molecule has 1 amide bonds. The molecule has 3 rings (SSSR count). The normalized spacial score (nSPS) is 12.9. The Morgan fingerprint density at radius 2 is 2.26 bits per heavy atom. The molecule has 6 N–H and O–H groups in total. The number of carbonyl (C=O) groups excluding carboxylic acids is 1. The molecule has 0 saturated heterocycles. The maximum Gasteiger partial charge on any atom is 0.303 e. The van der Waals surface area contributed by atoms with E-state index in [9.17, 15) is 4.79 Å². The van der Waals surface area contributed by atoms with Crippen LogP contribution in [0.2, 0.25) is 0 Å². The number of anilines is 1. The maximum absolute atomic E-state index is 11.3. The summed E-state index contributed by atoms with van der Waals surface area (Å²) < 4.78 is 0. The Morgan fingerprint density at radius 1 is 1.42 bits per heavy atom. The van der Waals surface area contributed by atoms with Crippen LogP contribution in [0.3, 0.4) is 0 Å². The molecule has 6 nitrogen and oxygen atoms in total. The predicted molar refractivity (Wildman–Crippen MR) is 73.9 cm³/mol. The average molecular weight is 274 g/mol. The van der Waals surface area contributed by atoms with Gasteiger partial charge in [0.05, 0.1) is 6.42 Å². The minimum Gasteiger partial charge on any atom is -0.326 e. The number of fused-ring (bicyclic) bond motifs is 1. The first kappa shape index (κ1) is 11.7. The van der Waals surface area contributed by atoms with Crippen LogP contribution in [-0.4, -0.2) is 16.9 Å². The monoisotopic (exact) mass is 274 g/mol. The molecule has 1 aliphatic heterocycles. The second kappa shape index (κ2) is 4.36. The van der Waals surface area contributed by atoms with E-state index in [2.05, 4.69) is 15.3 Å². The Kier molecular flexibility index (Phi) is 2.68. The molecule has 0 spiro atoms. The summed E-state index contributed by atoms with van der Waals surface area (Å²) in [5.74, 6) is 0.142. The Bertz CT molecular complexity index is 687. The van der Waals surface area contributed by atoms with Gasteiger partial charge in [0, 0.05) is 16.6 Å². The van der Waals surface area contributed by atoms with Crippen molar-refractivity contribution in [3.8, 4) is 11.3 Å². The number of nitrogens with zero attached hydrogens (tertiary/aromatic N) is 1. The molecule has 0 aliphatic carbocycles. The van der Waals surface area contributed by atoms with E-state index in [-0.39, 0.29) is 11.9 Å². The number of hydrogen-bond acceptors (Lipinski definition) is 3. The first-order valence-electron chi connectivity index (χ1n) is 5.65. The van der Waals surface area contributed by atoms with Gasteiger partial charge in [0.25, 0.3) is 5.13 Å². The van der Waals surface area contributed by atoms with Crippen LogP contribution < -0.4 is 21.8 Å². The molecule has 19 heavy (non-hydrogen) atoms. The standard InChI is InChI=1S/C12H11N5OS/c13-11(14)17-12-16-9(5-19-12)6-1-2-8-7(3-6)4-10(18)15-8/h1-3,5H,4H2,(H,15,18)(H4,13,14,16,17)/p+1. The number of nitrogens with one attached hydrogen (secondary N) is 2. The third-order valence-corrected chi connectivity index (χ3v) is 3.54. The van der Waals surface area contributed by atoms with Gasteiger partial charge < -0.3 is 16.8 Å². The molecular formula is C12H12N5OS+. The first-order chi connectivity index (χ1) is 9.11. The Balaban J connectivity index is 1.95. The van der Waals surface area contributed by atoms with Gasteiger partial charge in [0.2, 0.25) is 5.91 Å². The van der Waals surface area contributed by atoms with Crippen LogP contribution in [0, 0.1) is 0 Å². The van der Waals surface area contributed by atoms with Crippen molar-refractivity contribution in [2.75, 3.05) is 5.32 Å². The number of carbonyl (C=O) groups is 1. The highest BCUT2D eigenvalue weighted by Crippen LogP contribution is 2.29. The molecule has 0 unspecified atom stereocenters. The number of benzene rings is 1. The predicted octanol–water partition coefficient (Wildman–Crippen LogP) is -0.710. The largest absolute Gasteiger partial charge is 0.326 e. The molecule has 96 valence electrons. The molecule has 0 fully saturated rings. The summed E-state index contributed by atoms with van der Waals surface area (Å²) in [6.45, 7) is 0. The van der Waals surface area contributed by atoms with Gasteiger partial charge in [0.15, 0.2) is 0 Å². The van der Waals surface area contributed by atoms with E-state index < -0.39 is 0 Å². The highest BCUT2D eigenvalue weighted by molar-refractivity contribution is 7.13. The summed E-state index contributed by atoms with van der Waals surface area (Å²) in [4.78, 5) is 18.5. The van der Waals surface area contributed by atoms with Crippen LogP contribution >= 0.6 is 11.3 Å². The Labute approximate surface area is 113 Å². The number of hydrogen-bond donors (Lipinski definition) is 4. The summed E-state index contributed by atoms with van der Waals surface area (Å²) >= 11 is 1.42. The second-order valence-corrected chi connectivity index (χ2v) is 5.07. The zero-order chi connectivity index (χ0) is 13.4. The van der Waals surface area contributed by atoms with E-state index in [0.29, 0.717) is 11.6 Å². The van der Waals surface area contributed by atoms with E-state index in [1.54, 1.807) is 0 Å². The van der Waals surface area contributed by atoms with Crippen LogP contribution in [0.5, 0.6) is 0 Å². The summed E-state index contributed by atoms with van der Waals surface area (Å²) in [5.41, 5.74) is 14.4. The third-order valence-electron chi connectivity index (χ3n) is 2.78. The fourth-order valence-corrected chi connectivity index (χ4v) is 2.72. The van der Waals surface area contributed by atoms with Gasteiger partial charge in [-0.15, -0.1) is 4.98 Å². The molecule has 1 aromatic carbocycles. The summed E-state index contributed by atoms with van der Waals surface area (Å²) in [6.07, 6.45) is 0.419. The van der Waals surface area contributed by atoms with Crippen LogP contribution in [0.4, 0.5) is 10.8 Å². The number of nitrogens with two attached hydrogens (primary N) is 2. The van der Waals surface area contributed by atoms with Gasteiger partial charge in [-0.25, -0.2) is 4.99 Å². The van der Waals surface area contributed by atoms with Crippen LogP contribution in [0.1, 0.15) is 5.56 Å². The smallest absolute Gasteiger partial charge is 0.303 e. The minimum absolute atomic E-state index is 0.0262. The van der Waals surface area contributed by atoms with Crippen molar-refractivity contribution in [1.82, 2.24) is 4.98 Å². The molecule has 7 heteroatoms. The van der Waals surface area contributed by atoms with Crippen LogP contribution in [0.15, 0.2) is 23.6 Å². The lowest BCUT2D eigenvalue weighted by Gasteiger charge is -1.99. The number of aromatic nitrogens is 1. The van der Waals surface area contributed by atoms with Crippen molar-refractivity contribution in [1.29, 1.82) is 0 Å². The maximum atomic E-state index is 11.3.